The van der Waals surface area contributed by atoms with Crippen LogP contribution in [-0.4, -0.2) is 10.5 Å². The normalized spacial score (nSPS) is 10.9. The Morgan fingerprint density at radius 1 is 1.43 bits per heavy atom. The highest BCUT2D eigenvalue weighted by Crippen LogP contribution is 2.19. The first kappa shape index (κ1) is 15.4. The number of rotatable bonds is 4. The number of nitrogens with two attached hydrogens (primary N) is 1. The third-order valence-electron chi connectivity index (χ3n) is 3.01. The molecule has 2 aromatic rings. The van der Waals surface area contributed by atoms with Gasteiger partial charge in [-0.2, -0.15) is 0 Å². The minimum Gasteiger partial charge on any atom is -0.456 e. The van der Waals surface area contributed by atoms with E-state index in [1.807, 2.05) is 13.8 Å². The topological polar surface area (TPSA) is 57.2 Å². The maximum Gasteiger partial charge on any atom is 0.355 e. The van der Waals surface area contributed by atoms with E-state index in [0.29, 0.717) is 16.4 Å². The van der Waals surface area contributed by atoms with Crippen molar-refractivity contribution in [2.45, 2.75) is 26.5 Å². The van der Waals surface area contributed by atoms with Crippen molar-refractivity contribution in [2.24, 2.45) is 0 Å². The lowest BCUT2D eigenvalue weighted by Crippen LogP contribution is -2.13. The molecule has 6 heteroatoms. The Morgan fingerprint density at radius 2 is 2.14 bits per heavy atom. The summed E-state index contributed by atoms with van der Waals surface area (Å²) in [5, 5.41) is 0.295. The quantitative estimate of drug-likeness (QED) is 0.874. The maximum absolute atomic E-state index is 13.6. The second kappa shape index (κ2) is 6.18. The standard InChI is InChI=1S/C15H16ClFN2O2/c1-9(2)19-7-12(18)6-14(19)15(20)21-8-10-3-4-11(16)5-13(10)17/h3-7,9H,8,18H2,1-2H3. The van der Waals surface area contributed by atoms with Gasteiger partial charge in [0.1, 0.15) is 18.1 Å². The molecule has 0 fully saturated rings. The summed E-state index contributed by atoms with van der Waals surface area (Å²) in [6.07, 6.45) is 1.67. The number of nitrogens with zero attached hydrogens (tertiary/aromatic N) is 1. The maximum atomic E-state index is 13.6. The van der Waals surface area contributed by atoms with Crippen LogP contribution in [0.2, 0.25) is 5.02 Å². The van der Waals surface area contributed by atoms with Gasteiger partial charge < -0.3 is 15.0 Å². The van der Waals surface area contributed by atoms with Crippen LogP contribution in [0.4, 0.5) is 10.1 Å². The summed E-state index contributed by atoms with van der Waals surface area (Å²) in [6, 6.07) is 5.82. The van der Waals surface area contributed by atoms with Gasteiger partial charge in [0, 0.05) is 22.8 Å². The number of aromatic nitrogens is 1. The SMILES string of the molecule is CC(C)n1cc(N)cc1C(=O)OCc1ccc(Cl)cc1F. The number of hydrogen-bond donors (Lipinski definition) is 1. The lowest BCUT2D eigenvalue weighted by atomic mass is 10.2. The molecule has 0 spiro atoms. The largest absolute Gasteiger partial charge is 0.456 e. The molecular weight excluding hydrogens is 295 g/mol. The van der Waals surface area contributed by atoms with Gasteiger partial charge in [0.05, 0.1) is 5.69 Å². The number of carbonyl (C=O) groups excluding carboxylic acids is 1. The fourth-order valence-electron chi connectivity index (χ4n) is 1.95. The molecule has 0 saturated carbocycles. The van der Waals surface area contributed by atoms with Gasteiger partial charge in [-0.3, -0.25) is 0 Å². The van der Waals surface area contributed by atoms with E-state index < -0.39 is 11.8 Å². The Labute approximate surface area is 127 Å². The molecule has 0 bridgehead atoms. The van der Waals surface area contributed by atoms with Crippen LogP contribution in [0.3, 0.4) is 0 Å². The van der Waals surface area contributed by atoms with Gasteiger partial charge in [-0.05, 0) is 32.0 Å². The van der Waals surface area contributed by atoms with Gasteiger partial charge in [0.15, 0.2) is 0 Å². The Morgan fingerprint density at radius 3 is 2.76 bits per heavy atom. The van der Waals surface area contributed by atoms with Crippen LogP contribution < -0.4 is 5.73 Å². The van der Waals surface area contributed by atoms with E-state index >= 15 is 0 Å². The highest BCUT2D eigenvalue weighted by atomic mass is 35.5. The smallest absolute Gasteiger partial charge is 0.355 e. The summed E-state index contributed by atoms with van der Waals surface area (Å²) in [5.41, 5.74) is 6.79. The van der Waals surface area contributed by atoms with Crippen molar-refractivity contribution in [1.82, 2.24) is 4.57 Å². The van der Waals surface area contributed by atoms with Gasteiger partial charge in [0.25, 0.3) is 0 Å². The highest BCUT2D eigenvalue weighted by Gasteiger charge is 2.17. The average Bonchev–Trinajstić information content (AvgIpc) is 2.80. The summed E-state index contributed by atoms with van der Waals surface area (Å²) in [7, 11) is 0. The number of esters is 1. The number of anilines is 1. The van der Waals surface area contributed by atoms with Crippen molar-refractivity contribution >= 4 is 23.3 Å². The Kier molecular flexibility index (Phi) is 4.53. The molecule has 0 unspecified atom stereocenters. The average molecular weight is 311 g/mol. The molecule has 0 radical (unpaired) electrons. The highest BCUT2D eigenvalue weighted by molar-refractivity contribution is 6.30. The van der Waals surface area contributed by atoms with E-state index in [0.717, 1.165) is 0 Å². The molecule has 1 aromatic carbocycles. The monoisotopic (exact) mass is 310 g/mol. The molecule has 2 rings (SSSR count). The molecule has 2 N–H and O–H groups in total. The van der Waals surface area contributed by atoms with E-state index in [1.165, 1.54) is 12.1 Å². The molecule has 112 valence electrons. The van der Waals surface area contributed by atoms with Crippen LogP contribution >= 0.6 is 11.6 Å². The molecule has 0 amide bonds. The number of benzene rings is 1. The summed E-state index contributed by atoms with van der Waals surface area (Å²) in [6.45, 7) is 3.69. The van der Waals surface area contributed by atoms with Crippen molar-refractivity contribution in [3.8, 4) is 0 Å². The van der Waals surface area contributed by atoms with Crippen LogP contribution in [0.25, 0.3) is 0 Å². The second-order valence-corrected chi connectivity index (χ2v) is 5.41. The fraction of sp³-hybridized carbons (Fsp3) is 0.267. The molecule has 1 aromatic heterocycles. The summed E-state index contributed by atoms with van der Waals surface area (Å²) in [4.78, 5) is 12.1. The van der Waals surface area contributed by atoms with Gasteiger partial charge >= 0.3 is 5.97 Å². The molecule has 4 nitrogen and oxygen atoms in total. The molecule has 21 heavy (non-hydrogen) atoms. The van der Waals surface area contributed by atoms with Crippen molar-refractivity contribution in [1.29, 1.82) is 0 Å². The zero-order valence-corrected chi connectivity index (χ0v) is 12.5. The minimum atomic E-state index is -0.547. The lowest BCUT2D eigenvalue weighted by Gasteiger charge is -2.12. The van der Waals surface area contributed by atoms with Gasteiger partial charge in [-0.15, -0.1) is 0 Å². The zero-order valence-electron chi connectivity index (χ0n) is 11.8. The van der Waals surface area contributed by atoms with E-state index in [9.17, 15) is 9.18 Å². The first-order chi connectivity index (χ1) is 9.88. The number of halogens is 2. The Bertz CT molecular complexity index is 668. The fourth-order valence-corrected chi connectivity index (χ4v) is 2.11. The second-order valence-electron chi connectivity index (χ2n) is 4.97. The molecule has 0 aliphatic rings. The Balaban J connectivity index is 2.12. The van der Waals surface area contributed by atoms with Crippen LogP contribution in [-0.2, 0) is 11.3 Å². The van der Waals surface area contributed by atoms with E-state index in [4.69, 9.17) is 22.1 Å². The molecule has 0 aliphatic carbocycles. The molecule has 0 saturated heterocycles. The first-order valence-electron chi connectivity index (χ1n) is 6.47. The van der Waals surface area contributed by atoms with Crippen molar-refractivity contribution in [3.05, 3.63) is 52.6 Å². The first-order valence-corrected chi connectivity index (χ1v) is 6.84. The van der Waals surface area contributed by atoms with E-state index in [2.05, 4.69) is 0 Å². The van der Waals surface area contributed by atoms with Crippen LogP contribution in [0.5, 0.6) is 0 Å². The molecular formula is C15H16ClFN2O2. The number of hydrogen-bond acceptors (Lipinski definition) is 3. The number of nitrogen functional groups attached to an aromatic ring is 1. The van der Waals surface area contributed by atoms with Crippen molar-refractivity contribution in [3.63, 3.8) is 0 Å². The Hall–Kier alpha value is -2.01. The van der Waals surface area contributed by atoms with Crippen LogP contribution in [0, 0.1) is 5.82 Å². The van der Waals surface area contributed by atoms with Gasteiger partial charge in [-0.1, -0.05) is 17.7 Å². The summed E-state index contributed by atoms with van der Waals surface area (Å²) < 4.78 is 20.5. The van der Waals surface area contributed by atoms with Gasteiger partial charge in [-0.25, -0.2) is 9.18 Å². The van der Waals surface area contributed by atoms with E-state index in [-0.39, 0.29) is 18.2 Å². The molecule has 0 atom stereocenters. The van der Waals surface area contributed by atoms with Crippen LogP contribution in [0.1, 0.15) is 35.9 Å². The lowest BCUT2D eigenvalue weighted by molar-refractivity contribution is 0.0454. The third-order valence-corrected chi connectivity index (χ3v) is 3.24. The predicted molar refractivity (Wildman–Crippen MR) is 79.8 cm³/mol. The van der Waals surface area contributed by atoms with Crippen molar-refractivity contribution in [2.75, 3.05) is 5.73 Å². The third kappa shape index (κ3) is 3.55. The number of carbonyl (C=O) groups is 1. The predicted octanol–water partition coefficient (Wildman–Crippen LogP) is 3.80. The molecule has 1 heterocycles. The van der Waals surface area contributed by atoms with Gasteiger partial charge in [0.2, 0.25) is 0 Å². The summed E-state index contributed by atoms with van der Waals surface area (Å²) >= 11 is 5.67. The number of ether oxygens (including phenoxy) is 1. The molecule has 0 aliphatic heterocycles. The zero-order chi connectivity index (χ0) is 15.6. The van der Waals surface area contributed by atoms with Crippen molar-refractivity contribution < 1.29 is 13.9 Å². The minimum absolute atomic E-state index is 0.0668. The van der Waals surface area contributed by atoms with E-state index in [1.54, 1.807) is 22.9 Å². The van der Waals surface area contributed by atoms with Crippen LogP contribution in [0.15, 0.2) is 30.5 Å². The summed E-state index contributed by atoms with van der Waals surface area (Å²) in [5.74, 6) is -1.05.